The van der Waals surface area contributed by atoms with E-state index in [1.54, 1.807) is 48.5 Å². The van der Waals surface area contributed by atoms with E-state index in [0.717, 1.165) is 23.3 Å². The summed E-state index contributed by atoms with van der Waals surface area (Å²) in [6, 6.07) is 34.4. The van der Waals surface area contributed by atoms with Gasteiger partial charge in [0.15, 0.2) is 0 Å². The lowest BCUT2D eigenvalue weighted by molar-refractivity contribution is -0.141. The van der Waals surface area contributed by atoms with Gasteiger partial charge in [-0.05, 0) is 35.4 Å². The first-order chi connectivity index (χ1) is 20.5. The fourth-order valence-electron chi connectivity index (χ4n) is 4.04. The lowest BCUT2D eigenvalue weighted by Gasteiger charge is -2.19. The van der Waals surface area contributed by atoms with Crippen LogP contribution in [0.15, 0.2) is 133 Å². The molecule has 42 heavy (non-hydrogen) atoms. The monoisotopic (exact) mass is 562 g/mol. The molecule has 2 N–H and O–H groups in total. The van der Waals surface area contributed by atoms with E-state index in [2.05, 4.69) is 10.6 Å². The molecule has 0 saturated carbocycles. The molecule has 4 rings (SSSR count). The number of ether oxygens (including phenoxy) is 2. The van der Waals surface area contributed by atoms with E-state index in [-0.39, 0.29) is 25.0 Å². The molecule has 0 fully saturated rings. The van der Waals surface area contributed by atoms with Gasteiger partial charge in [0, 0.05) is 23.3 Å². The van der Waals surface area contributed by atoms with Gasteiger partial charge in [0.05, 0.1) is 12.1 Å². The number of rotatable bonds is 12. The maximum absolute atomic E-state index is 12.7. The zero-order chi connectivity index (χ0) is 29.6. The predicted molar refractivity (Wildman–Crippen MR) is 157 cm³/mol. The summed E-state index contributed by atoms with van der Waals surface area (Å²) >= 11 is 0. The summed E-state index contributed by atoms with van der Waals surface area (Å²) in [6.45, 7) is -0.301. The van der Waals surface area contributed by atoms with Crippen LogP contribution in [-0.2, 0) is 19.1 Å². The van der Waals surface area contributed by atoms with Gasteiger partial charge in [0.25, 0.3) is 11.8 Å². The van der Waals surface area contributed by atoms with Crippen molar-refractivity contribution in [1.82, 2.24) is 10.6 Å². The number of carbonyl (C=O) groups is 4. The van der Waals surface area contributed by atoms with Crippen LogP contribution >= 0.6 is 0 Å². The number of benzene rings is 4. The van der Waals surface area contributed by atoms with Crippen LogP contribution in [0.1, 0.15) is 43.9 Å². The van der Waals surface area contributed by atoms with Crippen LogP contribution in [0, 0.1) is 0 Å². The molecule has 0 aromatic heterocycles. The van der Waals surface area contributed by atoms with Gasteiger partial charge in [-0.15, -0.1) is 0 Å². The fourth-order valence-corrected chi connectivity index (χ4v) is 4.04. The molecular weight excluding hydrogens is 532 g/mol. The second kappa shape index (κ2) is 15.3. The Morgan fingerprint density at radius 3 is 1.14 bits per heavy atom. The summed E-state index contributed by atoms with van der Waals surface area (Å²) in [5.41, 5.74) is 2.45. The molecule has 0 aliphatic heterocycles. The Labute approximate surface area is 244 Å². The molecule has 0 saturated heterocycles. The summed E-state index contributed by atoms with van der Waals surface area (Å²) in [6.07, 6.45) is 1.92. The SMILES string of the molecule is O=C(/C=C/C(=O)OC[C@@H](NC(=O)c1ccccc1)c1ccccc1)OC[C@@H](NC(=O)c1ccccc1)c1ccccc1. The Balaban J connectivity index is 1.32. The Kier molecular flexibility index (Phi) is 10.8. The molecule has 0 aliphatic carbocycles. The van der Waals surface area contributed by atoms with Crippen LogP contribution in [0.3, 0.4) is 0 Å². The number of amides is 2. The average molecular weight is 563 g/mol. The molecular formula is C34H30N2O6. The van der Waals surface area contributed by atoms with E-state index in [4.69, 9.17) is 9.47 Å². The standard InChI is InChI=1S/C34H30N2O6/c37-31(41-23-29(25-13-5-1-6-14-25)35-33(39)27-17-9-3-10-18-27)21-22-32(38)42-24-30(26-15-7-2-8-16-26)36-34(40)28-19-11-4-12-20-28/h1-22,29-30H,23-24H2,(H,35,39)(H,36,40)/b22-21+/t29-,30-/m1/s1. The van der Waals surface area contributed by atoms with Crippen LogP contribution < -0.4 is 10.6 Å². The van der Waals surface area contributed by atoms with Gasteiger partial charge in [-0.1, -0.05) is 97.1 Å². The average Bonchev–Trinajstić information content (AvgIpc) is 3.05. The van der Waals surface area contributed by atoms with Crippen molar-refractivity contribution >= 4 is 23.8 Å². The number of hydrogen-bond acceptors (Lipinski definition) is 6. The lowest BCUT2D eigenvalue weighted by atomic mass is 10.1. The summed E-state index contributed by atoms with van der Waals surface area (Å²) in [4.78, 5) is 50.3. The smallest absolute Gasteiger partial charge is 0.331 e. The van der Waals surface area contributed by atoms with E-state index in [0.29, 0.717) is 11.1 Å². The van der Waals surface area contributed by atoms with Crippen molar-refractivity contribution in [3.05, 3.63) is 156 Å². The van der Waals surface area contributed by atoms with Crippen LogP contribution in [-0.4, -0.2) is 37.0 Å². The first kappa shape index (κ1) is 29.5. The van der Waals surface area contributed by atoms with Crippen LogP contribution in [0.2, 0.25) is 0 Å². The molecule has 0 radical (unpaired) electrons. The largest absolute Gasteiger partial charge is 0.460 e. The van der Waals surface area contributed by atoms with E-state index < -0.39 is 24.0 Å². The van der Waals surface area contributed by atoms with Crippen molar-refractivity contribution in [3.63, 3.8) is 0 Å². The van der Waals surface area contributed by atoms with Crippen LogP contribution in [0.25, 0.3) is 0 Å². The zero-order valence-electron chi connectivity index (χ0n) is 22.7. The highest BCUT2D eigenvalue weighted by Crippen LogP contribution is 2.16. The molecule has 0 aliphatic rings. The van der Waals surface area contributed by atoms with E-state index in [9.17, 15) is 19.2 Å². The molecule has 212 valence electrons. The molecule has 0 heterocycles. The second-order valence-electron chi connectivity index (χ2n) is 9.20. The van der Waals surface area contributed by atoms with Gasteiger partial charge in [-0.25, -0.2) is 9.59 Å². The minimum atomic E-state index is -0.779. The quantitative estimate of drug-likeness (QED) is 0.186. The van der Waals surface area contributed by atoms with E-state index in [1.165, 1.54) is 0 Å². The zero-order valence-corrected chi connectivity index (χ0v) is 22.7. The highest BCUT2D eigenvalue weighted by Gasteiger charge is 2.19. The van der Waals surface area contributed by atoms with Crippen LogP contribution in [0.4, 0.5) is 0 Å². The van der Waals surface area contributed by atoms with Crippen molar-refractivity contribution in [1.29, 1.82) is 0 Å². The Morgan fingerprint density at radius 1 is 0.500 bits per heavy atom. The number of carbonyl (C=O) groups excluding carboxylic acids is 4. The summed E-state index contributed by atoms with van der Waals surface area (Å²) in [5, 5.41) is 5.76. The van der Waals surface area contributed by atoms with Crippen LogP contribution in [0.5, 0.6) is 0 Å². The summed E-state index contributed by atoms with van der Waals surface area (Å²) in [7, 11) is 0. The van der Waals surface area contributed by atoms with Gasteiger partial charge in [0.1, 0.15) is 13.2 Å². The second-order valence-corrected chi connectivity index (χ2v) is 9.20. The van der Waals surface area contributed by atoms with E-state index >= 15 is 0 Å². The van der Waals surface area contributed by atoms with Gasteiger partial charge in [0.2, 0.25) is 0 Å². The minimum absolute atomic E-state index is 0.150. The summed E-state index contributed by atoms with van der Waals surface area (Å²) in [5.74, 6) is -2.18. The third-order valence-electron chi connectivity index (χ3n) is 6.23. The molecule has 2 amide bonds. The van der Waals surface area contributed by atoms with E-state index in [1.807, 2.05) is 72.8 Å². The predicted octanol–water partition coefficient (Wildman–Crippen LogP) is 4.97. The van der Waals surface area contributed by atoms with Crippen molar-refractivity contribution < 1.29 is 28.7 Å². The minimum Gasteiger partial charge on any atom is -0.460 e. The Hall–Kier alpha value is -5.50. The molecule has 0 unspecified atom stereocenters. The molecule has 8 nitrogen and oxygen atoms in total. The Morgan fingerprint density at radius 2 is 0.810 bits per heavy atom. The molecule has 0 bridgehead atoms. The first-order valence-corrected chi connectivity index (χ1v) is 13.3. The van der Waals surface area contributed by atoms with Gasteiger partial charge >= 0.3 is 11.9 Å². The molecule has 2 atom stereocenters. The molecule has 4 aromatic carbocycles. The lowest BCUT2D eigenvalue weighted by Crippen LogP contribution is -2.32. The molecule has 0 spiro atoms. The number of hydrogen-bond donors (Lipinski definition) is 2. The highest BCUT2D eigenvalue weighted by atomic mass is 16.5. The van der Waals surface area contributed by atoms with Crippen molar-refractivity contribution in [2.45, 2.75) is 12.1 Å². The first-order valence-electron chi connectivity index (χ1n) is 13.3. The maximum atomic E-state index is 12.7. The third kappa shape index (κ3) is 9.02. The summed E-state index contributed by atoms with van der Waals surface area (Å²) < 4.78 is 10.7. The fraction of sp³-hybridized carbons (Fsp3) is 0.118. The van der Waals surface area contributed by atoms with Crippen molar-refractivity contribution in [3.8, 4) is 0 Å². The van der Waals surface area contributed by atoms with Gasteiger partial charge in [-0.3, -0.25) is 9.59 Å². The number of esters is 2. The van der Waals surface area contributed by atoms with Crippen molar-refractivity contribution in [2.24, 2.45) is 0 Å². The highest BCUT2D eigenvalue weighted by molar-refractivity contribution is 5.95. The van der Waals surface area contributed by atoms with Gasteiger partial charge in [-0.2, -0.15) is 0 Å². The maximum Gasteiger partial charge on any atom is 0.331 e. The van der Waals surface area contributed by atoms with Gasteiger partial charge < -0.3 is 20.1 Å². The topological polar surface area (TPSA) is 111 Å². The Bertz CT molecular complexity index is 1380. The third-order valence-corrected chi connectivity index (χ3v) is 6.23. The molecule has 4 aromatic rings. The van der Waals surface area contributed by atoms with Crippen molar-refractivity contribution in [2.75, 3.05) is 13.2 Å². The number of nitrogens with one attached hydrogen (secondary N) is 2. The molecule has 8 heteroatoms. The normalized spacial score (nSPS) is 12.1.